The fourth-order valence-electron chi connectivity index (χ4n) is 1.72. The van der Waals surface area contributed by atoms with Gasteiger partial charge in [0.05, 0.1) is 0 Å². The van der Waals surface area contributed by atoms with Crippen LogP contribution in [0, 0.1) is 0 Å². The summed E-state index contributed by atoms with van der Waals surface area (Å²) < 4.78 is 5.06. The Balaban J connectivity index is 2.53. The van der Waals surface area contributed by atoms with E-state index in [0.717, 1.165) is 25.7 Å². The summed E-state index contributed by atoms with van der Waals surface area (Å²) in [5.74, 6) is 0. The highest BCUT2D eigenvalue weighted by Gasteiger charge is 2.33. The molecule has 1 aliphatic rings. The smallest absolute Gasteiger partial charge is 0.406 e. The van der Waals surface area contributed by atoms with Gasteiger partial charge in [-0.1, -0.05) is 6.42 Å². The van der Waals surface area contributed by atoms with E-state index in [1.54, 1.807) is 7.05 Å². The van der Waals surface area contributed by atoms with Crippen LogP contribution in [0.1, 0.15) is 32.1 Å². The zero-order valence-corrected chi connectivity index (χ0v) is 7.43. The molecule has 0 aromatic carbocycles. The van der Waals surface area contributed by atoms with Crippen molar-refractivity contribution in [2.24, 2.45) is 5.73 Å². The fraction of sp³-hybridized carbons (Fsp3) is 0.875. The van der Waals surface area contributed by atoms with E-state index in [2.05, 4.69) is 5.32 Å². The third-order valence-corrected chi connectivity index (χ3v) is 2.41. The molecule has 1 aliphatic carbocycles. The van der Waals surface area contributed by atoms with Crippen LogP contribution in [-0.4, -0.2) is 18.9 Å². The maximum atomic E-state index is 10.6. The lowest BCUT2D eigenvalue weighted by molar-refractivity contribution is -0.0332. The summed E-state index contributed by atoms with van der Waals surface area (Å²) in [7, 11) is 1.80. The normalized spacial score (nSPS) is 21.8. The summed E-state index contributed by atoms with van der Waals surface area (Å²) in [6.07, 6.45) is 4.44. The highest BCUT2D eigenvalue weighted by molar-refractivity contribution is 5.65. The predicted octanol–water partition coefficient (Wildman–Crippen LogP) is 0.961. The van der Waals surface area contributed by atoms with Crippen LogP contribution in [0.3, 0.4) is 0 Å². The van der Waals surface area contributed by atoms with Gasteiger partial charge in [0.1, 0.15) is 0 Å². The van der Waals surface area contributed by atoms with Gasteiger partial charge in [0.25, 0.3) is 0 Å². The predicted molar refractivity (Wildman–Crippen MR) is 45.5 cm³/mol. The standard InChI is InChI=1S/C8H16N2O2/c1-10-8(12-7(9)11)5-3-2-4-6-8/h10H,2-6H2,1H3,(H2,9,11). The lowest BCUT2D eigenvalue weighted by atomic mass is 9.92. The molecule has 4 heteroatoms. The van der Waals surface area contributed by atoms with E-state index in [0.29, 0.717) is 0 Å². The van der Waals surface area contributed by atoms with E-state index in [1.807, 2.05) is 0 Å². The Hall–Kier alpha value is -0.770. The molecule has 0 bridgehead atoms. The summed E-state index contributed by atoms with van der Waals surface area (Å²) in [4.78, 5) is 10.6. The second-order valence-corrected chi connectivity index (χ2v) is 3.23. The van der Waals surface area contributed by atoms with E-state index in [4.69, 9.17) is 10.5 Å². The van der Waals surface area contributed by atoms with Crippen LogP contribution < -0.4 is 11.1 Å². The third kappa shape index (κ3) is 2.11. The highest BCUT2D eigenvalue weighted by atomic mass is 16.6. The van der Waals surface area contributed by atoms with Gasteiger partial charge in [0, 0.05) is 12.8 Å². The molecule has 1 amide bonds. The zero-order chi connectivity index (χ0) is 9.03. The van der Waals surface area contributed by atoms with Gasteiger partial charge in [-0.15, -0.1) is 0 Å². The molecule has 1 fully saturated rings. The average Bonchev–Trinajstić information content (AvgIpc) is 2.05. The molecule has 0 saturated heterocycles. The van der Waals surface area contributed by atoms with E-state index in [-0.39, 0.29) is 0 Å². The molecular formula is C8H16N2O2. The first-order valence-corrected chi connectivity index (χ1v) is 4.36. The number of hydrogen-bond donors (Lipinski definition) is 2. The highest BCUT2D eigenvalue weighted by Crippen LogP contribution is 2.28. The van der Waals surface area contributed by atoms with Crippen molar-refractivity contribution in [3.8, 4) is 0 Å². The molecule has 0 radical (unpaired) electrons. The Kier molecular flexibility index (Phi) is 2.92. The molecule has 12 heavy (non-hydrogen) atoms. The molecule has 70 valence electrons. The van der Waals surface area contributed by atoms with Gasteiger partial charge in [0.2, 0.25) is 0 Å². The summed E-state index contributed by atoms with van der Waals surface area (Å²) in [6.45, 7) is 0. The molecule has 0 aromatic heterocycles. The molecule has 0 atom stereocenters. The lowest BCUT2D eigenvalue weighted by Crippen LogP contribution is -2.49. The second kappa shape index (κ2) is 3.76. The van der Waals surface area contributed by atoms with Crippen molar-refractivity contribution in [3.63, 3.8) is 0 Å². The average molecular weight is 172 g/mol. The SMILES string of the molecule is CNC1(OC(N)=O)CCCCC1. The number of nitrogens with two attached hydrogens (primary N) is 1. The maximum absolute atomic E-state index is 10.6. The van der Waals surface area contributed by atoms with Crippen molar-refractivity contribution < 1.29 is 9.53 Å². The Morgan fingerprint density at radius 3 is 2.42 bits per heavy atom. The van der Waals surface area contributed by atoms with Crippen molar-refractivity contribution in [1.82, 2.24) is 5.32 Å². The first-order valence-electron chi connectivity index (χ1n) is 4.36. The largest absolute Gasteiger partial charge is 0.428 e. The molecule has 3 N–H and O–H groups in total. The minimum absolute atomic E-state index is 0.482. The molecule has 4 nitrogen and oxygen atoms in total. The molecule has 0 aromatic rings. The number of primary amides is 1. The van der Waals surface area contributed by atoms with Crippen LogP contribution in [0.2, 0.25) is 0 Å². The van der Waals surface area contributed by atoms with Gasteiger partial charge >= 0.3 is 6.09 Å². The monoisotopic (exact) mass is 172 g/mol. The van der Waals surface area contributed by atoms with Crippen molar-refractivity contribution in [3.05, 3.63) is 0 Å². The molecular weight excluding hydrogens is 156 g/mol. The van der Waals surface area contributed by atoms with Gasteiger partial charge in [-0.3, -0.25) is 5.32 Å². The lowest BCUT2D eigenvalue weighted by Gasteiger charge is -2.35. The summed E-state index contributed by atoms with van der Waals surface area (Å²) in [5, 5.41) is 3.03. The Morgan fingerprint density at radius 2 is 2.00 bits per heavy atom. The topological polar surface area (TPSA) is 64.3 Å². The van der Waals surface area contributed by atoms with Gasteiger partial charge in [0.15, 0.2) is 5.72 Å². The number of hydrogen-bond acceptors (Lipinski definition) is 3. The molecule has 0 heterocycles. The van der Waals surface area contributed by atoms with Crippen LogP contribution in [-0.2, 0) is 4.74 Å². The van der Waals surface area contributed by atoms with Crippen molar-refractivity contribution in [2.45, 2.75) is 37.8 Å². The van der Waals surface area contributed by atoms with E-state index in [1.165, 1.54) is 6.42 Å². The summed E-state index contributed by atoms with van der Waals surface area (Å²) >= 11 is 0. The van der Waals surface area contributed by atoms with E-state index >= 15 is 0 Å². The van der Waals surface area contributed by atoms with Gasteiger partial charge in [-0.2, -0.15) is 0 Å². The van der Waals surface area contributed by atoms with Crippen LogP contribution in [0.15, 0.2) is 0 Å². The van der Waals surface area contributed by atoms with Crippen LogP contribution in [0.25, 0.3) is 0 Å². The Bertz CT molecular complexity index is 164. The summed E-state index contributed by atoms with van der Waals surface area (Å²) in [5.41, 5.74) is 4.50. The molecule has 0 aliphatic heterocycles. The summed E-state index contributed by atoms with van der Waals surface area (Å²) in [6, 6.07) is 0. The van der Waals surface area contributed by atoms with Crippen molar-refractivity contribution in [2.75, 3.05) is 7.05 Å². The third-order valence-electron chi connectivity index (χ3n) is 2.41. The van der Waals surface area contributed by atoms with Crippen LogP contribution in [0.4, 0.5) is 4.79 Å². The first kappa shape index (κ1) is 9.32. The molecule has 0 unspecified atom stereocenters. The Labute approximate surface area is 72.5 Å². The Morgan fingerprint density at radius 1 is 1.42 bits per heavy atom. The number of nitrogens with one attached hydrogen (secondary N) is 1. The van der Waals surface area contributed by atoms with E-state index in [9.17, 15) is 4.79 Å². The number of rotatable bonds is 2. The number of ether oxygens (including phenoxy) is 1. The van der Waals surface area contributed by atoms with Gasteiger partial charge < -0.3 is 10.5 Å². The number of amides is 1. The number of carbonyl (C=O) groups is 1. The van der Waals surface area contributed by atoms with Crippen molar-refractivity contribution in [1.29, 1.82) is 0 Å². The van der Waals surface area contributed by atoms with E-state index < -0.39 is 11.8 Å². The maximum Gasteiger partial charge on any atom is 0.406 e. The van der Waals surface area contributed by atoms with Crippen LogP contribution in [0.5, 0.6) is 0 Å². The molecule has 1 saturated carbocycles. The minimum Gasteiger partial charge on any atom is -0.428 e. The fourth-order valence-corrected chi connectivity index (χ4v) is 1.72. The zero-order valence-electron chi connectivity index (χ0n) is 7.43. The second-order valence-electron chi connectivity index (χ2n) is 3.23. The molecule has 0 spiro atoms. The minimum atomic E-state index is -0.689. The number of carbonyl (C=O) groups excluding carboxylic acids is 1. The van der Waals surface area contributed by atoms with Crippen molar-refractivity contribution >= 4 is 6.09 Å². The van der Waals surface area contributed by atoms with Gasteiger partial charge in [-0.05, 0) is 19.9 Å². The van der Waals surface area contributed by atoms with Crippen LogP contribution >= 0.6 is 0 Å². The molecule has 1 rings (SSSR count). The first-order chi connectivity index (χ1) is 5.68. The van der Waals surface area contributed by atoms with Gasteiger partial charge in [-0.25, -0.2) is 4.79 Å². The quantitative estimate of drug-likeness (QED) is 0.610.